The lowest BCUT2D eigenvalue weighted by molar-refractivity contribution is -0.137. The van der Waals surface area contributed by atoms with Gasteiger partial charge in [-0.05, 0) is 50.1 Å². The Morgan fingerprint density at radius 2 is 1.96 bits per heavy atom. The molecule has 7 nitrogen and oxygen atoms in total. The number of carbonyl (C=O) groups is 3. The Morgan fingerprint density at radius 3 is 2.61 bits per heavy atom. The number of carbonyl (C=O) groups excluding carboxylic acids is 3. The number of rotatable bonds is 7. The van der Waals surface area contributed by atoms with E-state index in [0.717, 1.165) is 24.9 Å². The second-order valence-electron chi connectivity index (χ2n) is 7.06. The zero-order valence-corrected chi connectivity index (χ0v) is 16.8. The molecule has 0 spiro atoms. The summed E-state index contributed by atoms with van der Waals surface area (Å²) in [6, 6.07) is 7.21. The Kier molecular flexibility index (Phi) is 8.19. The first kappa shape index (κ1) is 21.6. The first-order valence-electron chi connectivity index (χ1n) is 9.57. The van der Waals surface area contributed by atoms with Crippen LogP contribution >= 0.6 is 0 Å². The van der Waals surface area contributed by atoms with E-state index in [-0.39, 0.29) is 30.2 Å². The van der Waals surface area contributed by atoms with E-state index in [1.54, 1.807) is 44.1 Å². The van der Waals surface area contributed by atoms with Gasteiger partial charge in [-0.3, -0.25) is 14.5 Å². The van der Waals surface area contributed by atoms with Gasteiger partial charge in [0.1, 0.15) is 0 Å². The molecule has 1 atom stereocenters. The van der Waals surface area contributed by atoms with Gasteiger partial charge < -0.3 is 15.0 Å². The SMILES string of the molecule is CCOC(=O)/C=C/c1ccc(NC(=O)CN2CCCC(C(=O)N(C)C)C2)cc1. The van der Waals surface area contributed by atoms with Gasteiger partial charge in [-0.1, -0.05) is 12.1 Å². The molecular weight excluding hydrogens is 358 g/mol. The minimum absolute atomic E-state index is 0.0398. The number of benzene rings is 1. The molecule has 2 rings (SSSR count). The van der Waals surface area contributed by atoms with Crippen molar-refractivity contribution < 1.29 is 19.1 Å². The molecule has 1 N–H and O–H groups in total. The van der Waals surface area contributed by atoms with Crippen molar-refractivity contribution in [3.63, 3.8) is 0 Å². The second-order valence-corrected chi connectivity index (χ2v) is 7.06. The lowest BCUT2D eigenvalue weighted by Gasteiger charge is -2.32. The highest BCUT2D eigenvalue weighted by atomic mass is 16.5. The van der Waals surface area contributed by atoms with Crippen molar-refractivity contribution in [3.05, 3.63) is 35.9 Å². The molecule has 0 radical (unpaired) electrons. The van der Waals surface area contributed by atoms with E-state index < -0.39 is 0 Å². The topological polar surface area (TPSA) is 79.0 Å². The number of amides is 2. The average molecular weight is 387 g/mol. The quantitative estimate of drug-likeness (QED) is 0.572. The summed E-state index contributed by atoms with van der Waals surface area (Å²) >= 11 is 0. The maximum absolute atomic E-state index is 12.3. The summed E-state index contributed by atoms with van der Waals surface area (Å²) in [5.74, 6) is -0.404. The van der Waals surface area contributed by atoms with Crippen molar-refractivity contribution in [2.24, 2.45) is 5.92 Å². The third-order valence-electron chi connectivity index (χ3n) is 4.56. The van der Waals surface area contributed by atoms with Gasteiger partial charge in [-0.15, -0.1) is 0 Å². The van der Waals surface area contributed by atoms with Crippen LogP contribution in [0.1, 0.15) is 25.3 Å². The van der Waals surface area contributed by atoms with Gasteiger partial charge in [-0.2, -0.15) is 0 Å². The third kappa shape index (κ3) is 6.81. The fourth-order valence-corrected chi connectivity index (χ4v) is 3.20. The smallest absolute Gasteiger partial charge is 0.330 e. The second kappa shape index (κ2) is 10.6. The van der Waals surface area contributed by atoms with Crippen LogP contribution in [0.25, 0.3) is 6.08 Å². The van der Waals surface area contributed by atoms with E-state index in [1.165, 1.54) is 6.08 Å². The molecule has 0 saturated carbocycles. The van der Waals surface area contributed by atoms with E-state index in [0.29, 0.717) is 18.8 Å². The predicted octanol–water partition coefficient (Wildman–Crippen LogP) is 2.00. The third-order valence-corrected chi connectivity index (χ3v) is 4.56. The number of esters is 1. The Labute approximate surface area is 166 Å². The minimum atomic E-state index is -0.382. The molecule has 1 saturated heterocycles. The highest BCUT2D eigenvalue weighted by molar-refractivity contribution is 5.92. The fraction of sp³-hybridized carbons (Fsp3) is 0.476. The standard InChI is InChI=1S/C21H29N3O4/c1-4-28-20(26)12-9-16-7-10-18(11-8-16)22-19(25)15-24-13-5-6-17(14-24)21(27)23(2)3/h7-12,17H,4-6,13-15H2,1-3H3,(H,22,25)/b12-9+. The summed E-state index contributed by atoms with van der Waals surface area (Å²) in [6.45, 7) is 3.80. The zero-order chi connectivity index (χ0) is 20.5. The highest BCUT2D eigenvalue weighted by Gasteiger charge is 2.27. The zero-order valence-electron chi connectivity index (χ0n) is 16.8. The van der Waals surface area contributed by atoms with Crippen molar-refractivity contribution in [2.45, 2.75) is 19.8 Å². The lowest BCUT2D eigenvalue weighted by Crippen LogP contribution is -2.45. The van der Waals surface area contributed by atoms with E-state index in [4.69, 9.17) is 4.74 Å². The van der Waals surface area contributed by atoms with Gasteiger partial charge in [0.25, 0.3) is 0 Å². The molecule has 1 aromatic rings. The van der Waals surface area contributed by atoms with Gasteiger partial charge in [0.05, 0.1) is 19.1 Å². The monoisotopic (exact) mass is 387 g/mol. The number of likely N-dealkylation sites (tertiary alicyclic amines) is 1. The highest BCUT2D eigenvalue weighted by Crippen LogP contribution is 2.18. The molecule has 152 valence electrons. The average Bonchev–Trinajstić information content (AvgIpc) is 2.67. The number of hydrogen-bond donors (Lipinski definition) is 1. The number of nitrogens with one attached hydrogen (secondary N) is 1. The van der Waals surface area contributed by atoms with E-state index in [9.17, 15) is 14.4 Å². The molecule has 1 fully saturated rings. The maximum Gasteiger partial charge on any atom is 0.330 e. The summed E-state index contributed by atoms with van der Waals surface area (Å²) in [6.07, 6.45) is 4.83. The van der Waals surface area contributed by atoms with Gasteiger partial charge in [-0.25, -0.2) is 4.79 Å². The van der Waals surface area contributed by atoms with Crippen LogP contribution in [0.3, 0.4) is 0 Å². The Hall–Kier alpha value is -2.67. The first-order chi connectivity index (χ1) is 13.4. The van der Waals surface area contributed by atoms with Gasteiger partial charge in [0.15, 0.2) is 0 Å². The molecule has 1 aromatic carbocycles. The molecular formula is C21H29N3O4. The summed E-state index contributed by atoms with van der Waals surface area (Å²) < 4.78 is 4.84. The number of anilines is 1. The Balaban J connectivity index is 1.84. The van der Waals surface area contributed by atoms with Crippen LogP contribution in [0.5, 0.6) is 0 Å². The van der Waals surface area contributed by atoms with Crippen molar-refractivity contribution in [1.82, 2.24) is 9.80 Å². The molecule has 1 unspecified atom stereocenters. The molecule has 1 aliphatic heterocycles. The molecule has 2 amide bonds. The van der Waals surface area contributed by atoms with Crippen LogP contribution in [0.2, 0.25) is 0 Å². The van der Waals surface area contributed by atoms with E-state index >= 15 is 0 Å². The van der Waals surface area contributed by atoms with Crippen LogP contribution in [0, 0.1) is 5.92 Å². The summed E-state index contributed by atoms with van der Waals surface area (Å²) in [5.41, 5.74) is 1.53. The van der Waals surface area contributed by atoms with Crippen LogP contribution in [0.4, 0.5) is 5.69 Å². The van der Waals surface area contributed by atoms with E-state index in [1.807, 2.05) is 17.0 Å². The largest absolute Gasteiger partial charge is 0.463 e. The molecule has 0 bridgehead atoms. The van der Waals surface area contributed by atoms with Crippen molar-refractivity contribution in [1.29, 1.82) is 0 Å². The minimum Gasteiger partial charge on any atom is -0.463 e. The van der Waals surface area contributed by atoms with Crippen LogP contribution in [-0.4, -0.2) is 67.9 Å². The predicted molar refractivity (Wildman–Crippen MR) is 109 cm³/mol. The Bertz CT molecular complexity index is 713. The summed E-state index contributed by atoms with van der Waals surface area (Å²) in [4.78, 5) is 39.5. The van der Waals surface area contributed by atoms with E-state index in [2.05, 4.69) is 5.32 Å². The lowest BCUT2D eigenvalue weighted by atomic mass is 9.97. The molecule has 7 heteroatoms. The number of piperidine rings is 1. The first-order valence-corrected chi connectivity index (χ1v) is 9.57. The summed E-state index contributed by atoms with van der Waals surface area (Å²) in [7, 11) is 3.53. The van der Waals surface area contributed by atoms with Crippen molar-refractivity contribution in [3.8, 4) is 0 Å². The maximum atomic E-state index is 12.3. The fourth-order valence-electron chi connectivity index (χ4n) is 3.20. The van der Waals surface area contributed by atoms with Gasteiger partial charge >= 0.3 is 5.97 Å². The number of hydrogen-bond acceptors (Lipinski definition) is 5. The van der Waals surface area contributed by atoms with Crippen LogP contribution in [0.15, 0.2) is 30.3 Å². The normalized spacial score (nSPS) is 17.3. The summed E-state index contributed by atoms with van der Waals surface area (Å²) in [5, 5.41) is 2.88. The molecule has 1 aliphatic rings. The Morgan fingerprint density at radius 1 is 1.25 bits per heavy atom. The van der Waals surface area contributed by atoms with Gasteiger partial charge in [0, 0.05) is 32.4 Å². The molecule has 0 aliphatic carbocycles. The van der Waals surface area contributed by atoms with Crippen LogP contribution in [-0.2, 0) is 19.1 Å². The van der Waals surface area contributed by atoms with Crippen LogP contribution < -0.4 is 5.32 Å². The molecule has 28 heavy (non-hydrogen) atoms. The number of nitrogens with zero attached hydrogens (tertiary/aromatic N) is 2. The van der Waals surface area contributed by atoms with Crippen molar-refractivity contribution >= 4 is 29.5 Å². The van der Waals surface area contributed by atoms with Crippen molar-refractivity contribution in [2.75, 3.05) is 45.7 Å². The van der Waals surface area contributed by atoms with Gasteiger partial charge in [0.2, 0.25) is 11.8 Å². The molecule has 1 heterocycles. The number of ether oxygens (including phenoxy) is 1. The molecule has 0 aromatic heterocycles.